The molecular formula is C17H17N3O2. The normalized spacial score (nSPS) is 14.3. The van der Waals surface area contributed by atoms with Crippen LogP contribution in [0, 0.1) is 0 Å². The Bertz CT molecular complexity index is 658. The first-order chi connectivity index (χ1) is 10.7. The van der Waals surface area contributed by atoms with Gasteiger partial charge in [0.25, 0.3) is 0 Å². The van der Waals surface area contributed by atoms with Crippen molar-refractivity contribution in [2.45, 2.75) is 0 Å². The molecule has 2 amide bonds. The number of hydrogen-bond acceptors (Lipinski definition) is 3. The summed E-state index contributed by atoms with van der Waals surface area (Å²) >= 11 is 0. The summed E-state index contributed by atoms with van der Waals surface area (Å²) < 4.78 is 0. The highest BCUT2D eigenvalue weighted by Gasteiger charge is 2.31. The van der Waals surface area contributed by atoms with Crippen molar-refractivity contribution in [2.24, 2.45) is 0 Å². The third-order valence-electron chi connectivity index (χ3n) is 3.58. The van der Waals surface area contributed by atoms with E-state index >= 15 is 0 Å². The number of nitrogens with one attached hydrogen (secondary N) is 1. The molecule has 0 aliphatic carbocycles. The maximum absolute atomic E-state index is 12.2. The monoisotopic (exact) mass is 295 g/mol. The molecule has 0 spiro atoms. The van der Waals surface area contributed by atoms with Crippen LogP contribution in [0.3, 0.4) is 0 Å². The number of benzene rings is 2. The summed E-state index contributed by atoms with van der Waals surface area (Å²) in [6.45, 7) is 0.613. The average molecular weight is 295 g/mol. The van der Waals surface area contributed by atoms with Gasteiger partial charge in [-0.15, -0.1) is 0 Å². The van der Waals surface area contributed by atoms with Gasteiger partial charge in [-0.1, -0.05) is 36.4 Å². The van der Waals surface area contributed by atoms with E-state index < -0.39 is 0 Å². The molecule has 0 unspecified atom stereocenters. The van der Waals surface area contributed by atoms with Crippen LogP contribution in [0.4, 0.5) is 11.4 Å². The Balaban J connectivity index is 1.59. The van der Waals surface area contributed by atoms with Crippen molar-refractivity contribution >= 4 is 23.2 Å². The third-order valence-corrected chi connectivity index (χ3v) is 3.58. The predicted octanol–water partition coefficient (Wildman–Crippen LogP) is 1.93. The van der Waals surface area contributed by atoms with Crippen molar-refractivity contribution in [2.75, 3.05) is 30.0 Å². The van der Waals surface area contributed by atoms with Crippen LogP contribution >= 0.6 is 0 Å². The van der Waals surface area contributed by atoms with E-state index in [-0.39, 0.29) is 24.9 Å². The van der Waals surface area contributed by atoms with E-state index in [1.54, 1.807) is 9.80 Å². The quantitative estimate of drug-likeness (QED) is 0.937. The Labute approximate surface area is 129 Å². The summed E-state index contributed by atoms with van der Waals surface area (Å²) in [5.74, 6) is -0.144. The van der Waals surface area contributed by atoms with E-state index in [4.69, 9.17) is 0 Å². The van der Waals surface area contributed by atoms with Crippen LogP contribution in [0.1, 0.15) is 0 Å². The van der Waals surface area contributed by atoms with Crippen LogP contribution in [0.15, 0.2) is 60.7 Å². The van der Waals surface area contributed by atoms with Gasteiger partial charge in [-0.3, -0.25) is 14.5 Å². The summed E-state index contributed by atoms with van der Waals surface area (Å²) in [5, 5.41) is 3.07. The summed E-state index contributed by atoms with van der Waals surface area (Å²) in [4.78, 5) is 27.5. The summed E-state index contributed by atoms with van der Waals surface area (Å²) in [7, 11) is 0. The molecule has 1 fully saturated rings. The molecular weight excluding hydrogens is 278 g/mol. The molecule has 22 heavy (non-hydrogen) atoms. The lowest BCUT2D eigenvalue weighted by Crippen LogP contribution is -2.35. The smallest absolute Gasteiger partial charge is 0.248 e. The van der Waals surface area contributed by atoms with Crippen LogP contribution in [-0.2, 0) is 9.59 Å². The second-order valence-corrected chi connectivity index (χ2v) is 5.11. The number of anilines is 2. The maximum Gasteiger partial charge on any atom is 0.248 e. The topological polar surface area (TPSA) is 52.7 Å². The van der Waals surface area contributed by atoms with Gasteiger partial charge >= 0.3 is 0 Å². The van der Waals surface area contributed by atoms with Gasteiger partial charge in [0.2, 0.25) is 11.8 Å². The molecule has 0 aromatic heterocycles. The van der Waals surface area contributed by atoms with Crippen molar-refractivity contribution in [3.8, 4) is 0 Å². The Kier molecular flexibility index (Phi) is 4.05. The summed E-state index contributed by atoms with van der Waals surface area (Å²) in [6.07, 6.45) is 0. The van der Waals surface area contributed by atoms with Gasteiger partial charge in [0.1, 0.15) is 13.2 Å². The standard InChI is InChI=1S/C17H17N3O2/c21-16(11-18-14-7-3-1-4-8-14)19-12-17(22)20(13-19)15-9-5-2-6-10-15/h1-10,18H,11-13H2. The van der Waals surface area contributed by atoms with Gasteiger partial charge in [0.15, 0.2) is 0 Å². The molecule has 1 N–H and O–H groups in total. The Hall–Kier alpha value is -2.82. The van der Waals surface area contributed by atoms with Crippen LogP contribution in [0.2, 0.25) is 0 Å². The molecule has 3 rings (SSSR count). The number of carbonyl (C=O) groups excluding carboxylic acids is 2. The van der Waals surface area contributed by atoms with Gasteiger partial charge in [0, 0.05) is 11.4 Å². The van der Waals surface area contributed by atoms with Crippen molar-refractivity contribution in [1.82, 2.24) is 4.90 Å². The SMILES string of the molecule is O=C(CNc1ccccc1)N1CC(=O)N(c2ccccc2)C1. The molecule has 5 nitrogen and oxygen atoms in total. The van der Waals surface area contributed by atoms with E-state index in [1.165, 1.54) is 0 Å². The molecule has 1 heterocycles. The minimum absolute atomic E-state index is 0.0562. The largest absolute Gasteiger partial charge is 0.376 e. The molecule has 1 saturated heterocycles. The molecule has 0 atom stereocenters. The van der Waals surface area contributed by atoms with Crippen molar-refractivity contribution in [1.29, 1.82) is 0 Å². The second kappa shape index (κ2) is 6.30. The summed E-state index contributed by atoms with van der Waals surface area (Å²) in [5.41, 5.74) is 1.71. The first-order valence-corrected chi connectivity index (χ1v) is 7.16. The van der Waals surface area contributed by atoms with Crippen LogP contribution in [0.25, 0.3) is 0 Å². The first-order valence-electron chi connectivity index (χ1n) is 7.16. The summed E-state index contributed by atoms with van der Waals surface area (Å²) in [6, 6.07) is 18.9. The van der Waals surface area contributed by atoms with Gasteiger partial charge in [0.05, 0.1) is 6.54 Å². The van der Waals surface area contributed by atoms with E-state index in [0.717, 1.165) is 11.4 Å². The van der Waals surface area contributed by atoms with E-state index in [0.29, 0.717) is 6.67 Å². The molecule has 5 heteroatoms. The Morgan fingerprint density at radius 1 is 1.00 bits per heavy atom. The zero-order chi connectivity index (χ0) is 15.4. The van der Waals surface area contributed by atoms with E-state index in [1.807, 2.05) is 60.7 Å². The average Bonchev–Trinajstić information content (AvgIpc) is 2.96. The zero-order valence-corrected chi connectivity index (χ0v) is 12.1. The third kappa shape index (κ3) is 3.09. The number of hydrogen-bond donors (Lipinski definition) is 1. The number of amides is 2. The van der Waals surface area contributed by atoms with E-state index in [2.05, 4.69) is 5.32 Å². The number of rotatable bonds is 4. The van der Waals surface area contributed by atoms with Crippen molar-refractivity contribution in [3.63, 3.8) is 0 Å². The lowest BCUT2D eigenvalue weighted by atomic mass is 10.3. The minimum Gasteiger partial charge on any atom is -0.376 e. The molecule has 2 aromatic carbocycles. The molecule has 0 saturated carbocycles. The fourth-order valence-corrected chi connectivity index (χ4v) is 2.39. The minimum atomic E-state index is -0.0874. The van der Waals surface area contributed by atoms with E-state index in [9.17, 15) is 9.59 Å². The van der Waals surface area contributed by atoms with Crippen molar-refractivity contribution in [3.05, 3.63) is 60.7 Å². The molecule has 0 radical (unpaired) electrons. The number of nitrogens with zero attached hydrogens (tertiary/aromatic N) is 2. The van der Waals surface area contributed by atoms with Gasteiger partial charge in [-0.05, 0) is 24.3 Å². The van der Waals surface area contributed by atoms with Crippen molar-refractivity contribution < 1.29 is 9.59 Å². The Morgan fingerprint density at radius 3 is 2.32 bits per heavy atom. The van der Waals surface area contributed by atoms with Crippen LogP contribution in [0.5, 0.6) is 0 Å². The fraction of sp³-hybridized carbons (Fsp3) is 0.176. The number of para-hydroxylation sites is 2. The highest BCUT2D eigenvalue weighted by atomic mass is 16.2. The first kappa shape index (κ1) is 14.1. The van der Waals surface area contributed by atoms with Gasteiger partial charge in [-0.25, -0.2) is 0 Å². The lowest BCUT2D eigenvalue weighted by Gasteiger charge is -2.18. The number of carbonyl (C=O) groups is 2. The fourth-order valence-electron chi connectivity index (χ4n) is 2.39. The van der Waals surface area contributed by atoms with Gasteiger partial charge < -0.3 is 10.2 Å². The zero-order valence-electron chi connectivity index (χ0n) is 12.1. The molecule has 2 aromatic rings. The van der Waals surface area contributed by atoms with Crippen LogP contribution in [-0.4, -0.2) is 36.5 Å². The highest BCUT2D eigenvalue weighted by molar-refractivity contribution is 6.00. The highest BCUT2D eigenvalue weighted by Crippen LogP contribution is 2.18. The van der Waals surface area contributed by atoms with Crippen LogP contribution < -0.4 is 10.2 Å². The maximum atomic E-state index is 12.2. The molecule has 0 bridgehead atoms. The molecule has 112 valence electrons. The second-order valence-electron chi connectivity index (χ2n) is 5.11. The molecule has 1 aliphatic heterocycles. The Morgan fingerprint density at radius 2 is 1.64 bits per heavy atom. The predicted molar refractivity (Wildman–Crippen MR) is 85.4 cm³/mol. The molecule has 1 aliphatic rings. The lowest BCUT2D eigenvalue weighted by molar-refractivity contribution is -0.130. The van der Waals surface area contributed by atoms with Gasteiger partial charge in [-0.2, -0.15) is 0 Å².